The number of carbonyl (C=O) groups excluding carboxylic acids is 1. The lowest BCUT2D eigenvalue weighted by atomic mass is 10.2. The zero-order valence-electron chi connectivity index (χ0n) is 17.0. The van der Waals surface area contributed by atoms with Crippen LogP contribution in [0.15, 0.2) is 16.6 Å². The van der Waals surface area contributed by atoms with Gasteiger partial charge >= 0.3 is 0 Å². The van der Waals surface area contributed by atoms with E-state index in [4.69, 9.17) is 14.7 Å². The molecule has 2 fully saturated rings. The third kappa shape index (κ3) is 6.08. The third-order valence-corrected chi connectivity index (χ3v) is 6.02. The molecule has 1 aromatic carbocycles. The summed E-state index contributed by atoms with van der Waals surface area (Å²) in [6.07, 6.45) is 2.64. The number of ether oxygens (including phenoxy) is 2. The first-order valence-electron chi connectivity index (χ1n) is 10.3. The van der Waals surface area contributed by atoms with E-state index in [1.807, 2.05) is 11.8 Å². The second kappa shape index (κ2) is 10.8. The summed E-state index contributed by atoms with van der Waals surface area (Å²) >= 11 is 3.42. The first-order chi connectivity index (χ1) is 14.1. The van der Waals surface area contributed by atoms with E-state index in [-0.39, 0.29) is 12.5 Å². The summed E-state index contributed by atoms with van der Waals surface area (Å²) in [5.41, 5.74) is 0.476. The molecule has 0 saturated carbocycles. The molecule has 0 unspecified atom stereocenters. The second-order valence-electron chi connectivity index (χ2n) is 7.39. The van der Waals surface area contributed by atoms with Crippen molar-refractivity contribution in [3.8, 4) is 17.6 Å². The first kappa shape index (κ1) is 21.9. The van der Waals surface area contributed by atoms with Gasteiger partial charge in [0.25, 0.3) is 5.91 Å². The summed E-state index contributed by atoms with van der Waals surface area (Å²) in [6.45, 7) is 10.2. The fourth-order valence-electron chi connectivity index (χ4n) is 3.77. The number of amides is 1. The molecule has 7 nitrogen and oxygen atoms in total. The largest absolute Gasteiger partial charge is 0.490 e. The molecular weight excluding hydrogens is 436 g/mol. The zero-order chi connectivity index (χ0) is 20.6. The van der Waals surface area contributed by atoms with Crippen LogP contribution in [-0.4, -0.2) is 86.2 Å². The summed E-state index contributed by atoms with van der Waals surface area (Å²) in [7, 11) is 0. The van der Waals surface area contributed by atoms with Crippen LogP contribution in [0.3, 0.4) is 0 Å². The average Bonchev–Trinajstić information content (AvgIpc) is 3.25. The number of rotatable bonds is 8. The van der Waals surface area contributed by atoms with E-state index < -0.39 is 0 Å². The van der Waals surface area contributed by atoms with Crippen LogP contribution in [0.4, 0.5) is 0 Å². The Morgan fingerprint density at radius 1 is 1.07 bits per heavy atom. The fraction of sp³-hybridized carbons (Fsp3) is 0.619. The van der Waals surface area contributed by atoms with Gasteiger partial charge < -0.3 is 19.3 Å². The predicted octanol–water partition coefficient (Wildman–Crippen LogP) is 2.34. The molecule has 2 heterocycles. The van der Waals surface area contributed by atoms with Crippen molar-refractivity contribution in [1.82, 2.24) is 14.7 Å². The van der Waals surface area contributed by atoms with Crippen molar-refractivity contribution in [3.05, 3.63) is 22.2 Å². The lowest BCUT2D eigenvalue weighted by Crippen LogP contribution is -2.51. The van der Waals surface area contributed by atoms with E-state index in [1.165, 1.54) is 25.9 Å². The van der Waals surface area contributed by atoms with E-state index >= 15 is 0 Å². The number of halogens is 1. The molecule has 0 spiro atoms. The maximum absolute atomic E-state index is 12.6. The van der Waals surface area contributed by atoms with Gasteiger partial charge in [-0.1, -0.05) is 0 Å². The van der Waals surface area contributed by atoms with Crippen molar-refractivity contribution in [3.63, 3.8) is 0 Å². The Kier molecular flexibility index (Phi) is 8.16. The molecule has 0 aliphatic carbocycles. The zero-order valence-corrected chi connectivity index (χ0v) is 18.6. The van der Waals surface area contributed by atoms with Gasteiger partial charge in [-0.25, -0.2) is 0 Å². The number of likely N-dealkylation sites (tertiary alicyclic amines) is 1. The molecule has 0 N–H and O–H groups in total. The maximum atomic E-state index is 12.6. The molecule has 3 rings (SSSR count). The molecule has 8 heteroatoms. The van der Waals surface area contributed by atoms with Crippen LogP contribution in [0.1, 0.15) is 25.3 Å². The highest BCUT2D eigenvalue weighted by Gasteiger charge is 2.23. The molecule has 29 heavy (non-hydrogen) atoms. The minimum Gasteiger partial charge on any atom is -0.490 e. The Morgan fingerprint density at radius 2 is 1.72 bits per heavy atom. The molecule has 1 aromatic rings. The van der Waals surface area contributed by atoms with Gasteiger partial charge in [-0.05, 0) is 54.9 Å². The summed E-state index contributed by atoms with van der Waals surface area (Å²) in [5, 5.41) is 9.12. The minimum absolute atomic E-state index is 0.0251. The number of nitrogens with zero attached hydrogens (tertiary/aromatic N) is 4. The number of nitriles is 1. The van der Waals surface area contributed by atoms with Gasteiger partial charge in [0.2, 0.25) is 0 Å². The lowest BCUT2D eigenvalue weighted by Gasteiger charge is -2.35. The number of carbonyl (C=O) groups is 1. The Morgan fingerprint density at radius 3 is 2.34 bits per heavy atom. The molecule has 0 aromatic heterocycles. The van der Waals surface area contributed by atoms with E-state index in [9.17, 15) is 4.79 Å². The van der Waals surface area contributed by atoms with E-state index in [0.29, 0.717) is 28.1 Å². The number of hydrogen-bond donors (Lipinski definition) is 0. The monoisotopic (exact) mass is 464 g/mol. The Hall–Kier alpha value is -1.82. The topological polar surface area (TPSA) is 69.0 Å². The average molecular weight is 465 g/mol. The molecule has 2 saturated heterocycles. The summed E-state index contributed by atoms with van der Waals surface area (Å²) < 4.78 is 12.0. The third-order valence-electron chi connectivity index (χ3n) is 5.43. The SMILES string of the molecule is CCOc1cc(C#N)cc(Br)c1OCC(=O)N1CCN(CCN2CCCC2)CC1. The van der Waals surface area contributed by atoms with Crippen LogP contribution in [0.5, 0.6) is 11.5 Å². The molecule has 1 amide bonds. The van der Waals surface area contributed by atoms with Gasteiger partial charge in [-0.2, -0.15) is 5.26 Å². The van der Waals surface area contributed by atoms with Gasteiger partial charge in [0.15, 0.2) is 18.1 Å². The molecule has 158 valence electrons. The predicted molar refractivity (Wildman–Crippen MR) is 114 cm³/mol. The van der Waals surface area contributed by atoms with Crippen LogP contribution in [0.2, 0.25) is 0 Å². The smallest absolute Gasteiger partial charge is 0.260 e. The summed E-state index contributed by atoms with van der Waals surface area (Å²) in [5.74, 6) is 0.907. The second-order valence-corrected chi connectivity index (χ2v) is 8.24. The Bertz CT molecular complexity index is 738. The molecule has 2 aliphatic rings. The number of hydrogen-bond acceptors (Lipinski definition) is 6. The lowest BCUT2D eigenvalue weighted by molar-refractivity contribution is -0.135. The highest BCUT2D eigenvalue weighted by atomic mass is 79.9. The van der Waals surface area contributed by atoms with Gasteiger partial charge in [-0.15, -0.1) is 0 Å². The Labute approximate surface area is 181 Å². The van der Waals surface area contributed by atoms with Crippen molar-refractivity contribution >= 4 is 21.8 Å². The summed E-state index contributed by atoms with van der Waals surface area (Å²) in [4.78, 5) is 19.4. The highest BCUT2D eigenvalue weighted by Crippen LogP contribution is 2.36. The highest BCUT2D eigenvalue weighted by molar-refractivity contribution is 9.10. The number of benzene rings is 1. The van der Waals surface area contributed by atoms with Crippen LogP contribution < -0.4 is 9.47 Å². The van der Waals surface area contributed by atoms with Crippen molar-refractivity contribution < 1.29 is 14.3 Å². The summed E-state index contributed by atoms with van der Waals surface area (Å²) in [6, 6.07) is 5.39. The van der Waals surface area contributed by atoms with Crippen LogP contribution in [0, 0.1) is 11.3 Å². The van der Waals surface area contributed by atoms with Gasteiger partial charge in [0.05, 0.1) is 22.7 Å². The maximum Gasteiger partial charge on any atom is 0.260 e. The Balaban J connectivity index is 1.47. The van der Waals surface area contributed by atoms with E-state index in [0.717, 1.165) is 39.3 Å². The molecule has 0 radical (unpaired) electrons. The van der Waals surface area contributed by atoms with Crippen LogP contribution in [0.25, 0.3) is 0 Å². The van der Waals surface area contributed by atoms with E-state index in [2.05, 4.69) is 31.8 Å². The van der Waals surface area contributed by atoms with Crippen molar-refractivity contribution in [1.29, 1.82) is 5.26 Å². The normalized spacial score (nSPS) is 17.9. The van der Waals surface area contributed by atoms with Gasteiger partial charge in [0.1, 0.15) is 0 Å². The van der Waals surface area contributed by atoms with Crippen molar-refractivity contribution in [2.45, 2.75) is 19.8 Å². The quantitative estimate of drug-likeness (QED) is 0.587. The van der Waals surface area contributed by atoms with Crippen LogP contribution in [-0.2, 0) is 4.79 Å². The standard InChI is InChI=1S/C21H29BrN4O3/c1-2-28-19-14-17(15-23)13-18(22)21(19)29-16-20(27)26-11-9-25(10-12-26)8-7-24-5-3-4-6-24/h13-14H,2-12,16H2,1H3. The minimum atomic E-state index is -0.0433. The molecule has 0 atom stereocenters. The molecule has 0 bridgehead atoms. The molecular formula is C21H29BrN4O3. The van der Waals surface area contributed by atoms with Gasteiger partial charge in [0, 0.05) is 45.3 Å². The van der Waals surface area contributed by atoms with Crippen molar-refractivity contribution in [2.75, 3.05) is 65.6 Å². The van der Waals surface area contributed by atoms with Crippen molar-refractivity contribution in [2.24, 2.45) is 0 Å². The van der Waals surface area contributed by atoms with E-state index in [1.54, 1.807) is 12.1 Å². The van der Waals surface area contributed by atoms with Gasteiger partial charge in [-0.3, -0.25) is 9.69 Å². The number of piperazine rings is 1. The molecule has 2 aliphatic heterocycles. The van der Waals surface area contributed by atoms with Crippen LogP contribution >= 0.6 is 15.9 Å². The fourth-order valence-corrected chi connectivity index (χ4v) is 4.33. The first-order valence-corrected chi connectivity index (χ1v) is 11.1.